The number of benzene rings is 2. The summed E-state index contributed by atoms with van der Waals surface area (Å²) in [4.78, 5) is 27.1. The molecule has 2 aromatic rings. The van der Waals surface area contributed by atoms with Crippen LogP contribution in [-0.4, -0.2) is 57.6 Å². The van der Waals surface area contributed by atoms with Crippen molar-refractivity contribution in [1.82, 2.24) is 10.2 Å². The van der Waals surface area contributed by atoms with Gasteiger partial charge in [0.2, 0.25) is 21.8 Å². The topological polar surface area (TPSA) is 96.0 Å². The highest BCUT2D eigenvalue weighted by molar-refractivity contribution is 7.92. The van der Waals surface area contributed by atoms with Gasteiger partial charge in [0.25, 0.3) is 0 Å². The van der Waals surface area contributed by atoms with Crippen LogP contribution < -0.4 is 14.4 Å². The third-order valence-corrected chi connectivity index (χ3v) is 6.68. The lowest BCUT2D eigenvalue weighted by molar-refractivity contribution is -0.141. The van der Waals surface area contributed by atoms with Gasteiger partial charge in [-0.3, -0.25) is 13.9 Å². The van der Waals surface area contributed by atoms with E-state index < -0.39 is 16.1 Å². The molecule has 0 saturated heterocycles. The summed E-state index contributed by atoms with van der Waals surface area (Å²) in [7, 11) is -2.08. The Bertz CT molecular complexity index is 1080. The number of sulfonamides is 1. The summed E-state index contributed by atoms with van der Waals surface area (Å²) in [6.45, 7) is 4.41. The number of amides is 2. The molecule has 0 spiro atoms. The predicted molar refractivity (Wildman–Crippen MR) is 134 cm³/mol. The molecule has 35 heavy (non-hydrogen) atoms. The number of carbonyl (C=O) groups is 2. The van der Waals surface area contributed by atoms with Gasteiger partial charge in [0.15, 0.2) is 0 Å². The first-order valence-electron chi connectivity index (χ1n) is 11.6. The van der Waals surface area contributed by atoms with Gasteiger partial charge in [-0.25, -0.2) is 12.8 Å². The van der Waals surface area contributed by atoms with E-state index in [1.807, 2.05) is 13.8 Å². The van der Waals surface area contributed by atoms with Gasteiger partial charge in [0.1, 0.15) is 17.6 Å². The fourth-order valence-electron chi connectivity index (χ4n) is 3.75. The van der Waals surface area contributed by atoms with E-state index in [-0.39, 0.29) is 43.6 Å². The molecule has 0 radical (unpaired) electrons. The Kier molecular flexibility index (Phi) is 10.5. The van der Waals surface area contributed by atoms with Crippen LogP contribution in [0.5, 0.6) is 5.75 Å². The SMILES string of the molecule is CCOc1ccc(N(CCCC(=O)N(Cc2ccc(F)cc2)C(CC)C(=O)NC)S(C)(=O)=O)cc1. The van der Waals surface area contributed by atoms with E-state index in [9.17, 15) is 22.4 Å². The lowest BCUT2D eigenvalue weighted by Crippen LogP contribution is -2.48. The second-order valence-electron chi connectivity index (χ2n) is 8.05. The van der Waals surface area contributed by atoms with E-state index in [1.165, 1.54) is 28.4 Å². The van der Waals surface area contributed by atoms with Crippen molar-refractivity contribution in [2.24, 2.45) is 0 Å². The molecule has 0 fully saturated rings. The molecule has 8 nitrogen and oxygen atoms in total. The molecule has 1 N–H and O–H groups in total. The summed E-state index contributed by atoms with van der Waals surface area (Å²) in [5.74, 6) is -0.337. The minimum atomic E-state index is -3.58. The normalized spacial score (nSPS) is 12.0. The van der Waals surface area contributed by atoms with Gasteiger partial charge in [-0.15, -0.1) is 0 Å². The maximum absolute atomic E-state index is 13.3. The molecule has 2 amide bonds. The second kappa shape index (κ2) is 13.1. The smallest absolute Gasteiger partial charge is 0.242 e. The number of hydrogen-bond acceptors (Lipinski definition) is 5. The van der Waals surface area contributed by atoms with Gasteiger partial charge in [-0.1, -0.05) is 19.1 Å². The van der Waals surface area contributed by atoms with Gasteiger partial charge in [0, 0.05) is 26.6 Å². The fraction of sp³-hybridized carbons (Fsp3) is 0.440. The van der Waals surface area contributed by atoms with Crippen LogP contribution in [0.1, 0.15) is 38.7 Å². The van der Waals surface area contributed by atoms with Crippen molar-refractivity contribution in [2.45, 2.75) is 45.7 Å². The van der Waals surface area contributed by atoms with Crippen LogP contribution in [0.4, 0.5) is 10.1 Å². The van der Waals surface area contributed by atoms with Crippen molar-refractivity contribution in [3.05, 3.63) is 59.9 Å². The van der Waals surface area contributed by atoms with Crippen molar-refractivity contribution in [1.29, 1.82) is 0 Å². The Morgan fingerprint density at radius 2 is 1.69 bits per heavy atom. The number of likely N-dealkylation sites (N-methyl/N-ethyl adjacent to an activating group) is 1. The van der Waals surface area contributed by atoms with E-state index in [2.05, 4.69) is 5.32 Å². The zero-order chi connectivity index (χ0) is 26.0. The molecule has 192 valence electrons. The monoisotopic (exact) mass is 507 g/mol. The largest absolute Gasteiger partial charge is 0.494 e. The zero-order valence-electron chi connectivity index (χ0n) is 20.7. The molecule has 1 unspecified atom stereocenters. The molecule has 0 aliphatic carbocycles. The number of nitrogens with one attached hydrogen (secondary N) is 1. The summed E-state index contributed by atoms with van der Waals surface area (Å²) in [5, 5.41) is 2.58. The molecule has 0 heterocycles. The van der Waals surface area contributed by atoms with Crippen molar-refractivity contribution in [3.8, 4) is 5.75 Å². The average molecular weight is 508 g/mol. The molecule has 0 aromatic heterocycles. The van der Waals surface area contributed by atoms with Crippen molar-refractivity contribution in [2.75, 3.05) is 30.8 Å². The highest BCUT2D eigenvalue weighted by Gasteiger charge is 2.28. The predicted octanol–water partition coefficient (Wildman–Crippen LogP) is 3.32. The Balaban J connectivity index is 2.16. The first-order chi connectivity index (χ1) is 16.6. The zero-order valence-corrected chi connectivity index (χ0v) is 21.5. The van der Waals surface area contributed by atoms with Crippen molar-refractivity contribution >= 4 is 27.5 Å². The highest BCUT2D eigenvalue weighted by atomic mass is 32.2. The molecule has 2 aromatic carbocycles. The van der Waals surface area contributed by atoms with Crippen molar-refractivity contribution < 1.29 is 27.1 Å². The maximum Gasteiger partial charge on any atom is 0.242 e. The number of hydrogen-bond donors (Lipinski definition) is 1. The summed E-state index contributed by atoms with van der Waals surface area (Å²) < 4.78 is 44.8. The van der Waals surface area contributed by atoms with Crippen LogP contribution >= 0.6 is 0 Å². The summed E-state index contributed by atoms with van der Waals surface area (Å²) in [6.07, 6.45) is 1.81. The van der Waals surface area contributed by atoms with E-state index in [4.69, 9.17) is 4.74 Å². The van der Waals surface area contributed by atoms with E-state index in [0.29, 0.717) is 30.0 Å². The Morgan fingerprint density at radius 1 is 1.06 bits per heavy atom. The third-order valence-electron chi connectivity index (χ3n) is 5.49. The molecule has 0 aliphatic rings. The summed E-state index contributed by atoms with van der Waals surface area (Å²) >= 11 is 0. The van der Waals surface area contributed by atoms with Crippen LogP contribution in [0.2, 0.25) is 0 Å². The van der Waals surface area contributed by atoms with Crippen LogP contribution in [0.15, 0.2) is 48.5 Å². The van der Waals surface area contributed by atoms with E-state index >= 15 is 0 Å². The number of carbonyl (C=O) groups excluding carboxylic acids is 2. The van der Waals surface area contributed by atoms with Gasteiger partial charge < -0.3 is 15.0 Å². The Morgan fingerprint density at radius 3 is 2.20 bits per heavy atom. The van der Waals surface area contributed by atoms with Gasteiger partial charge in [0.05, 0.1) is 18.6 Å². The molecule has 10 heteroatoms. The van der Waals surface area contributed by atoms with Crippen LogP contribution in [0.3, 0.4) is 0 Å². The van der Waals surface area contributed by atoms with Crippen molar-refractivity contribution in [3.63, 3.8) is 0 Å². The lowest BCUT2D eigenvalue weighted by Gasteiger charge is -2.30. The molecule has 0 bridgehead atoms. The van der Waals surface area contributed by atoms with Gasteiger partial charge >= 0.3 is 0 Å². The van der Waals surface area contributed by atoms with Crippen LogP contribution in [0, 0.1) is 5.82 Å². The van der Waals surface area contributed by atoms with Crippen LogP contribution in [-0.2, 0) is 26.2 Å². The number of rotatable bonds is 13. The standard InChI is InChI=1S/C25H34FN3O5S/c1-5-23(25(31)27-3)28(18-19-9-11-20(26)12-10-19)24(30)8-7-17-29(35(4,32)33)21-13-15-22(16-14-21)34-6-2/h9-16,23H,5-8,17-18H2,1-4H3,(H,27,31). The molecular formula is C25H34FN3O5S. The minimum Gasteiger partial charge on any atom is -0.494 e. The Hall–Kier alpha value is -3.14. The van der Waals surface area contributed by atoms with Gasteiger partial charge in [-0.2, -0.15) is 0 Å². The minimum absolute atomic E-state index is 0.0394. The molecular weight excluding hydrogens is 473 g/mol. The fourth-order valence-corrected chi connectivity index (χ4v) is 4.72. The molecule has 2 rings (SSSR count). The third kappa shape index (κ3) is 8.24. The lowest BCUT2D eigenvalue weighted by atomic mass is 10.1. The second-order valence-corrected chi connectivity index (χ2v) is 9.96. The molecule has 0 aliphatic heterocycles. The number of ether oxygens (including phenoxy) is 1. The van der Waals surface area contributed by atoms with E-state index in [1.54, 1.807) is 36.4 Å². The van der Waals surface area contributed by atoms with E-state index in [0.717, 1.165) is 6.26 Å². The summed E-state index contributed by atoms with van der Waals surface area (Å²) in [6, 6.07) is 11.8. The average Bonchev–Trinajstić information content (AvgIpc) is 2.82. The quantitative estimate of drug-likeness (QED) is 0.449. The first-order valence-corrected chi connectivity index (χ1v) is 13.4. The summed E-state index contributed by atoms with van der Waals surface area (Å²) in [5.41, 5.74) is 1.16. The van der Waals surface area contributed by atoms with Crippen LogP contribution in [0.25, 0.3) is 0 Å². The number of anilines is 1. The molecule has 1 atom stereocenters. The first kappa shape index (κ1) is 28.1. The van der Waals surface area contributed by atoms with Gasteiger partial charge in [-0.05, 0) is 61.7 Å². The number of nitrogens with zero attached hydrogens (tertiary/aromatic N) is 2. The maximum atomic E-state index is 13.3. The molecule has 0 saturated carbocycles. The number of halogens is 1. The highest BCUT2D eigenvalue weighted by Crippen LogP contribution is 2.23. The Labute approximate surface area is 207 Å².